The van der Waals surface area contributed by atoms with Gasteiger partial charge in [0.25, 0.3) is 0 Å². The minimum absolute atomic E-state index is 0.130. The molecule has 0 radical (unpaired) electrons. The number of imidazole rings is 1. The number of aliphatic hydroxyl groups excluding tert-OH is 1. The molecule has 0 saturated heterocycles. The molecule has 1 aromatic rings. The molecule has 0 aliphatic carbocycles. The predicted octanol–water partition coefficient (Wildman–Crippen LogP) is -4.38. The van der Waals surface area contributed by atoms with Crippen LogP contribution in [0.15, 0.2) is 12.5 Å². The standard InChI is InChI=1S/C16H25N7O7S/c17-8(1-7-3-19-6-20-7)13(26)23-11(5-31)15(28)22-10(4-24)14(27)21-9(16(29)30)2-12(18)25/h3,6,8-11,24,31H,1-2,4-5,17H2,(H2,18,25)(H,19,20)(H,21,27)(H,22,28)(H,23,26)(H,29,30). The van der Waals surface area contributed by atoms with E-state index in [9.17, 15) is 29.1 Å². The van der Waals surface area contributed by atoms with Crippen LogP contribution in [0.25, 0.3) is 0 Å². The Hall–Kier alpha value is -3.17. The molecule has 1 rings (SSSR count). The number of aliphatic hydroxyl groups is 1. The Balaban J connectivity index is 2.70. The van der Waals surface area contributed by atoms with Crippen molar-refractivity contribution in [2.45, 2.75) is 37.0 Å². The number of rotatable bonds is 13. The van der Waals surface area contributed by atoms with Crippen LogP contribution in [0.3, 0.4) is 0 Å². The molecule has 4 amide bonds. The average Bonchev–Trinajstić information content (AvgIpc) is 3.21. The SMILES string of the molecule is NC(=O)CC(NC(=O)C(CO)NC(=O)C(CS)NC(=O)C(N)Cc1cnc[nH]1)C(=O)O. The summed E-state index contributed by atoms with van der Waals surface area (Å²) in [5.74, 6) is -5.25. The van der Waals surface area contributed by atoms with Gasteiger partial charge in [0.1, 0.15) is 18.1 Å². The van der Waals surface area contributed by atoms with E-state index in [1.807, 2.05) is 5.32 Å². The van der Waals surface area contributed by atoms with Crippen molar-refractivity contribution in [1.29, 1.82) is 0 Å². The smallest absolute Gasteiger partial charge is 0.326 e. The Morgan fingerprint density at radius 3 is 2.13 bits per heavy atom. The summed E-state index contributed by atoms with van der Waals surface area (Å²) in [5, 5.41) is 25.0. The number of carbonyl (C=O) groups excluding carboxylic acids is 4. The second-order valence-corrected chi connectivity index (χ2v) is 6.81. The first-order valence-corrected chi connectivity index (χ1v) is 9.59. The van der Waals surface area contributed by atoms with Gasteiger partial charge in [-0.05, 0) is 0 Å². The highest BCUT2D eigenvalue weighted by Gasteiger charge is 2.30. The first-order chi connectivity index (χ1) is 14.6. The van der Waals surface area contributed by atoms with Crippen molar-refractivity contribution in [2.75, 3.05) is 12.4 Å². The molecule has 1 aromatic heterocycles. The molecule has 0 aliphatic heterocycles. The highest BCUT2D eigenvalue weighted by Crippen LogP contribution is 1.99. The van der Waals surface area contributed by atoms with Gasteiger partial charge in [-0.25, -0.2) is 9.78 Å². The third-order valence-corrected chi connectivity index (χ3v) is 4.35. The van der Waals surface area contributed by atoms with E-state index in [4.69, 9.17) is 16.6 Å². The van der Waals surface area contributed by atoms with Crippen molar-refractivity contribution in [3.05, 3.63) is 18.2 Å². The fraction of sp³-hybridized carbons (Fsp3) is 0.500. The van der Waals surface area contributed by atoms with Gasteiger partial charge >= 0.3 is 5.97 Å². The summed E-state index contributed by atoms with van der Waals surface area (Å²) in [6, 6.07) is -5.40. The number of carboxylic acid groups (broad SMARTS) is 1. The summed E-state index contributed by atoms with van der Waals surface area (Å²) in [6.07, 6.45) is 2.35. The zero-order valence-electron chi connectivity index (χ0n) is 16.3. The second kappa shape index (κ2) is 12.5. The van der Waals surface area contributed by atoms with Crippen LogP contribution < -0.4 is 27.4 Å². The molecule has 172 valence electrons. The summed E-state index contributed by atoms with van der Waals surface area (Å²) >= 11 is 3.99. The molecule has 31 heavy (non-hydrogen) atoms. The lowest BCUT2D eigenvalue weighted by molar-refractivity contribution is -0.144. The number of hydrogen-bond donors (Lipinski definition) is 9. The van der Waals surface area contributed by atoms with E-state index in [1.54, 1.807) is 0 Å². The number of nitrogens with one attached hydrogen (secondary N) is 4. The van der Waals surface area contributed by atoms with Gasteiger partial charge in [-0.15, -0.1) is 0 Å². The molecule has 0 spiro atoms. The number of carbonyl (C=O) groups is 5. The fourth-order valence-corrected chi connectivity index (χ4v) is 2.60. The fourth-order valence-electron chi connectivity index (χ4n) is 2.34. The van der Waals surface area contributed by atoms with Crippen molar-refractivity contribution in [3.8, 4) is 0 Å². The normalized spacial score (nSPS) is 14.5. The molecular weight excluding hydrogens is 434 g/mol. The maximum atomic E-state index is 12.4. The first kappa shape index (κ1) is 25.9. The van der Waals surface area contributed by atoms with Crippen molar-refractivity contribution < 1.29 is 34.2 Å². The van der Waals surface area contributed by atoms with Crippen molar-refractivity contribution in [1.82, 2.24) is 25.9 Å². The number of amides is 4. The Morgan fingerprint density at radius 1 is 1.06 bits per heavy atom. The van der Waals surface area contributed by atoms with Gasteiger partial charge in [0.15, 0.2) is 0 Å². The summed E-state index contributed by atoms with van der Waals surface area (Å²) in [6.45, 7) is -0.882. The highest BCUT2D eigenvalue weighted by atomic mass is 32.1. The lowest BCUT2D eigenvalue weighted by Gasteiger charge is -2.23. The molecule has 0 bridgehead atoms. The van der Waals surface area contributed by atoms with E-state index in [0.717, 1.165) is 0 Å². The number of hydrogen-bond acceptors (Lipinski definition) is 9. The number of aromatic nitrogens is 2. The zero-order chi connectivity index (χ0) is 23.6. The van der Waals surface area contributed by atoms with Crippen LogP contribution in [0, 0.1) is 0 Å². The van der Waals surface area contributed by atoms with E-state index in [-0.39, 0.29) is 12.2 Å². The van der Waals surface area contributed by atoms with Gasteiger partial charge in [-0.1, -0.05) is 0 Å². The van der Waals surface area contributed by atoms with Gasteiger partial charge in [0, 0.05) is 24.1 Å². The molecule has 1 heterocycles. The van der Waals surface area contributed by atoms with E-state index < -0.39 is 66.8 Å². The molecule has 15 heteroatoms. The first-order valence-electron chi connectivity index (χ1n) is 8.95. The summed E-state index contributed by atoms with van der Waals surface area (Å²) in [4.78, 5) is 65.4. The van der Waals surface area contributed by atoms with E-state index in [2.05, 4.69) is 33.2 Å². The lowest BCUT2D eigenvalue weighted by atomic mass is 10.1. The largest absolute Gasteiger partial charge is 0.480 e. The predicted molar refractivity (Wildman–Crippen MR) is 108 cm³/mol. The Morgan fingerprint density at radius 2 is 1.65 bits per heavy atom. The van der Waals surface area contributed by atoms with Crippen LogP contribution in [0.4, 0.5) is 0 Å². The van der Waals surface area contributed by atoms with Gasteiger partial charge in [-0.3, -0.25) is 19.2 Å². The van der Waals surface area contributed by atoms with Crippen molar-refractivity contribution in [3.63, 3.8) is 0 Å². The number of nitrogens with zero attached hydrogens (tertiary/aromatic N) is 1. The number of H-pyrrole nitrogens is 1. The molecule has 0 saturated carbocycles. The highest BCUT2D eigenvalue weighted by molar-refractivity contribution is 7.80. The number of aliphatic carboxylic acids is 1. The van der Waals surface area contributed by atoms with Crippen LogP contribution in [-0.2, 0) is 30.4 Å². The van der Waals surface area contributed by atoms with E-state index in [1.165, 1.54) is 12.5 Å². The van der Waals surface area contributed by atoms with E-state index >= 15 is 0 Å². The number of aromatic amines is 1. The second-order valence-electron chi connectivity index (χ2n) is 6.44. The molecule has 0 aromatic carbocycles. The molecule has 14 nitrogen and oxygen atoms in total. The van der Waals surface area contributed by atoms with Crippen molar-refractivity contribution >= 4 is 42.2 Å². The Kier molecular flexibility index (Phi) is 10.4. The quantitative estimate of drug-likeness (QED) is 0.129. The molecule has 4 atom stereocenters. The minimum Gasteiger partial charge on any atom is -0.480 e. The maximum absolute atomic E-state index is 12.4. The van der Waals surface area contributed by atoms with Crippen molar-refractivity contribution in [2.24, 2.45) is 11.5 Å². The lowest BCUT2D eigenvalue weighted by Crippen LogP contribution is -2.58. The summed E-state index contributed by atoms with van der Waals surface area (Å²) in [5.41, 5.74) is 11.3. The van der Waals surface area contributed by atoms with Crippen LogP contribution >= 0.6 is 12.6 Å². The van der Waals surface area contributed by atoms with Crippen LogP contribution in [-0.4, -0.2) is 86.3 Å². The maximum Gasteiger partial charge on any atom is 0.326 e. The van der Waals surface area contributed by atoms with Crippen LogP contribution in [0.1, 0.15) is 12.1 Å². The monoisotopic (exact) mass is 459 g/mol. The number of primary amides is 1. The number of carboxylic acids is 1. The van der Waals surface area contributed by atoms with Gasteiger partial charge in [-0.2, -0.15) is 12.6 Å². The Bertz CT molecular complexity index is 789. The topological polar surface area (TPSA) is 243 Å². The van der Waals surface area contributed by atoms with E-state index in [0.29, 0.717) is 5.69 Å². The van der Waals surface area contributed by atoms with Crippen LogP contribution in [0.5, 0.6) is 0 Å². The number of nitrogens with two attached hydrogens (primary N) is 2. The molecule has 4 unspecified atom stereocenters. The minimum atomic E-state index is -1.64. The van der Waals surface area contributed by atoms with Gasteiger partial charge < -0.3 is 42.6 Å². The average molecular weight is 459 g/mol. The zero-order valence-corrected chi connectivity index (χ0v) is 17.2. The molecule has 10 N–H and O–H groups in total. The molecular formula is C16H25N7O7S. The Labute approximate surface area is 181 Å². The van der Waals surface area contributed by atoms with Gasteiger partial charge in [0.05, 0.1) is 25.4 Å². The third-order valence-electron chi connectivity index (χ3n) is 3.98. The third kappa shape index (κ3) is 8.61. The molecule has 0 fully saturated rings. The summed E-state index contributed by atoms with van der Waals surface area (Å²) in [7, 11) is 0. The number of thiol groups is 1. The molecule has 0 aliphatic rings. The van der Waals surface area contributed by atoms with Gasteiger partial charge in [0.2, 0.25) is 23.6 Å². The summed E-state index contributed by atoms with van der Waals surface area (Å²) < 4.78 is 0. The van der Waals surface area contributed by atoms with Crippen LogP contribution in [0.2, 0.25) is 0 Å².